The molecule has 2 amide bonds. The fraction of sp³-hybridized carbons (Fsp3) is 0. The van der Waals surface area contributed by atoms with E-state index in [0.29, 0.717) is 22.8 Å². The van der Waals surface area contributed by atoms with Crippen molar-refractivity contribution in [2.24, 2.45) is 0 Å². The highest BCUT2D eigenvalue weighted by molar-refractivity contribution is 6.31. The lowest BCUT2D eigenvalue weighted by Crippen LogP contribution is -2.35. The van der Waals surface area contributed by atoms with Gasteiger partial charge in [0.15, 0.2) is 0 Å². The summed E-state index contributed by atoms with van der Waals surface area (Å²) < 4.78 is 5.70. The van der Waals surface area contributed by atoms with Gasteiger partial charge in [-0.05, 0) is 42.5 Å². The number of benzene rings is 2. The van der Waals surface area contributed by atoms with Crippen LogP contribution in [0.5, 0.6) is 0 Å². The highest BCUT2D eigenvalue weighted by Crippen LogP contribution is 2.26. The number of carbonyl (C=O) groups excluding carboxylic acids is 2. The molecule has 0 unspecified atom stereocenters. The number of carboxylic acids is 1. The van der Waals surface area contributed by atoms with Crippen LogP contribution in [0.15, 0.2) is 76.7 Å². The molecule has 0 spiro atoms. The van der Waals surface area contributed by atoms with Gasteiger partial charge in [-0.3, -0.25) is 15.0 Å². The van der Waals surface area contributed by atoms with Crippen LogP contribution in [0, 0.1) is 0 Å². The Bertz CT molecular complexity index is 1100. The Morgan fingerprint density at radius 3 is 2.36 bits per heavy atom. The van der Waals surface area contributed by atoms with Crippen molar-refractivity contribution in [1.29, 1.82) is 0 Å². The van der Waals surface area contributed by atoms with Gasteiger partial charge in [0.1, 0.15) is 17.1 Å². The minimum atomic E-state index is -1.01. The standard InChI is InChI=1S/C21H14N2O5/c24-19-17(20(25)23(22-19)15-4-2-1-3-5-15)12-16-10-11-18(28-16)13-6-8-14(9-7-13)21(26)27/h1-12H,(H,22,24)(H,26,27). The van der Waals surface area contributed by atoms with E-state index in [4.69, 9.17) is 9.52 Å². The second kappa shape index (κ2) is 6.88. The van der Waals surface area contributed by atoms with Crippen molar-refractivity contribution in [2.45, 2.75) is 0 Å². The largest absolute Gasteiger partial charge is 0.478 e. The van der Waals surface area contributed by atoms with Gasteiger partial charge in [0.05, 0.1) is 11.3 Å². The SMILES string of the molecule is O=C1NN(c2ccccc2)C(=O)C1=Cc1ccc(-c2ccc(C(=O)O)cc2)o1. The first-order valence-electron chi connectivity index (χ1n) is 8.39. The molecule has 0 atom stereocenters. The first-order valence-corrected chi connectivity index (χ1v) is 8.39. The summed E-state index contributed by atoms with van der Waals surface area (Å²) in [6, 6.07) is 18.3. The topological polar surface area (TPSA) is 99.9 Å². The summed E-state index contributed by atoms with van der Waals surface area (Å²) in [5.41, 5.74) is 3.90. The lowest BCUT2D eigenvalue weighted by Gasteiger charge is -2.13. The summed E-state index contributed by atoms with van der Waals surface area (Å²) in [7, 11) is 0. The zero-order chi connectivity index (χ0) is 19.7. The van der Waals surface area contributed by atoms with Gasteiger partial charge >= 0.3 is 5.97 Å². The Labute approximate surface area is 159 Å². The van der Waals surface area contributed by atoms with E-state index in [1.807, 2.05) is 6.07 Å². The molecule has 2 heterocycles. The maximum Gasteiger partial charge on any atom is 0.335 e. The molecule has 0 aliphatic carbocycles. The number of hydrogen-bond acceptors (Lipinski definition) is 4. The first-order chi connectivity index (χ1) is 13.5. The molecule has 1 fully saturated rings. The van der Waals surface area contributed by atoms with Crippen molar-refractivity contribution >= 4 is 29.5 Å². The van der Waals surface area contributed by atoms with Crippen LogP contribution >= 0.6 is 0 Å². The Morgan fingerprint density at radius 2 is 1.68 bits per heavy atom. The molecule has 0 bridgehead atoms. The van der Waals surface area contributed by atoms with E-state index in [1.165, 1.54) is 23.2 Å². The molecule has 28 heavy (non-hydrogen) atoms. The molecular weight excluding hydrogens is 360 g/mol. The minimum absolute atomic E-state index is 0.0361. The lowest BCUT2D eigenvalue weighted by molar-refractivity contribution is -0.117. The number of nitrogens with zero attached hydrogens (tertiary/aromatic N) is 1. The van der Waals surface area contributed by atoms with Crippen LogP contribution in [-0.4, -0.2) is 22.9 Å². The van der Waals surface area contributed by atoms with Gasteiger partial charge in [0.2, 0.25) is 0 Å². The quantitative estimate of drug-likeness (QED) is 0.540. The summed E-state index contributed by atoms with van der Waals surface area (Å²) in [6.07, 6.45) is 1.38. The number of furan rings is 1. The number of carboxylic acid groups (broad SMARTS) is 1. The number of para-hydroxylation sites is 1. The normalized spacial score (nSPS) is 15.1. The maximum atomic E-state index is 12.6. The number of rotatable bonds is 4. The van der Waals surface area contributed by atoms with Gasteiger partial charge in [-0.1, -0.05) is 30.3 Å². The summed E-state index contributed by atoms with van der Waals surface area (Å²) in [4.78, 5) is 35.7. The van der Waals surface area contributed by atoms with Crippen molar-refractivity contribution in [2.75, 3.05) is 5.01 Å². The Kier molecular flexibility index (Phi) is 4.25. The van der Waals surface area contributed by atoms with Crippen LogP contribution in [0.25, 0.3) is 17.4 Å². The van der Waals surface area contributed by atoms with Gasteiger partial charge in [-0.15, -0.1) is 0 Å². The molecular formula is C21H14N2O5. The van der Waals surface area contributed by atoms with Crippen LogP contribution in [0.2, 0.25) is 0 Å². The monoisotopic (exact) mass is 374 g/mol. The van der Waals surface area contributed by atoms with E-state index in [0.717, 1.165) is 0 Å². The highest BCUT2D eigenvalue weighted by Gasteiger charge is 2.34. The zero-order valence-electron chi connectivity index (χ0n) is 14.5. The third-order valence-electron chi connectivity index (χ3n) is 4.24. The molecule has 138 valence electrons. The average Bonchev–Trinajstić information content (AvgIpc) is 3.29. The smallest absolute Gasteiger partial charge is 0.335 e. The fourth-order valence-corrected chi connectivity index (χ4v) is 2.82. The predicted molar refractivity (Wildman–Crippen MR) is 101 cm³/mol. The molecule has 4 rings (SSSR count). The first kappa shape index (κ1) is 17.3. The summed E-state index contributed by atoms with van der Waals surface area (Å²) in [5, 5.41) is 10.1. The zero-order valence-corrected chi connectivity index (χ0v) is 14.5. The van der Waals surface area contributed by atoms with Gasteiger partial charge in [0.25, 0.3) is 11.8 Å². The molecule has 0 saturated carbocycles. The highest BCUT2D eigenvalue weighted by atomic mass is 16.4. The molecule has 2 aromatic carbocycles. The number of amides is 2. The van der Waals surface area contributed by atoms with Gasteiger partial charge in [-0.2, -0.15) is 0 Å². The number of nitrogens with one attached hydrogen (secondary N) is 1. The minimum Gasteiger partial charge on any atom is -0.478 e. The van der Waals surface area contributed by atoms with Crippen LogP contribution in [0.1, 0.15) is 16.1 Å². The Morgan fingerprint density at radius 1 is 0.964 bits per heavy atom. The molecule has 2 N–H and O–H groups in total. The number of hydrazine groups is 1. The predicted octanol–water partition coefficient (Wildman–Crippen LogP) is 3.11. The third-order valence-corrected chi connectivity index (χ3v) is 4.24. The van der Waals surface area contributed by atoms with E-state index in [-0.39, 0.29) is 11.1 Å². The summed E-state index contributed by atoms with van der Waals surface area (Å²) in [5.74, 6) is -1.16. The lowest BCUT2D eigenvalue weighted by atomic mass is 10.1. The van der Waals surface area contributed by atoms with Crippen molar-refractivity contribution in [3.8, 4) is 11.3 Å². The average molecular weight is 374 g/mol. The van der Waals surface area contributed by atoms with E-state index >= 15 is 0 Å². The summed E-state index contributed by atoms with van der Waals surface area (Å²) >= 11 is 0. The van der Waals surface area contributed by atoms with Crippen molar-refractivity contribution in [3.05, 3.63) is 83.6 Å². The van der Waals surface area contributed by atoms with Gasteiger partial charge in [0, 0.05) is 5.56 Å². The van der Waals surface area contributed by atoms with Crippen LogP contribution in [0.3, 0.4) is 0 Å². The summed E-state index contributed by atoms with van der Waals surface area (Å²) in [6.45, 7) is 0. The Balaban J connectivity index is 1.59. The number of hydrogen-bond donors (Lipinski definition) is 2. The molecule has 7 nitrogen and oxygen atoms in total. The number of anilines is 1. The molecule has 1 saturated heterocycles. The van der Waals surface area contributed by atoms with Crippen LogP contribution in [0.4, 0.5) is 5.69 Å². The van der Waals surface area contributed by atoms with Crippen LogP contribution < -0.4 is 10.4 Å². The molecule has 0 radical (unpaired) electrons. The molecule has 7 heteroatoms. The van der Waals surface area contributed by atoms with E-state index < -0.39 is 17.8 Å². The Hall–Kier alpha value is -4.13. The van der Waals surface area contributed by atoms with E-state index in [9.17, 15) is 14.4 Å². The van der Waals surface area contributed by atoms with Gasteiger partial charge in [-0.25, -0.2) is 9.80 Å². The van der Waals surface area contributed by atoms with E-state index in [2.05, 4.69) is 5.43 Å². The molecule has 3 aromatic rings. The molecule has 1 aliphatic rings. The van der Waals surface area contributed by atoms with Crippen molar-refractivity contribution in [1.82, 2.24) is 5.43 Å². The third kappa shape index (κ3) is 3.16. The number of carbonyl (C=O) groups is 3. The van der Waals surface area contributed by atoms with Crippen molar-refractivity contribution < 1.29 is 23.9 Å². The van der Waals surface area contributed by atoms with Crippen LogP contribution in [-0.2, 0) is 9.59 Å². The maximum absolute atomic E-state index is 12.6. The molecule has 1 aromatic heterocycles. The van der Waals surface area contributed by atoms with E-state index in [1.54, 1.807) is 48.5 Å². The fourth-order valence-electron chi connectivity index (χ4n) is 2.82. The van der Waals surface area contributed by atoms with Gasteiger partial charge < -0.3 is 9.52 Å². The second-order valence-corrected chi connectivity index (χ2v) is 6.06. The number of aromatic carboxylic acids is 1. The molecule has 1 aliphatic heterocycles. The van der Waals surface area contributed by atoms with Crippen molar-refractivity contribution in [3.63, 3.8) is 0 Å². The second-order valence-electron chi connectivity index (χ2n) is 6.06.